The first-order valence-corrected chi connectivity index (χ1v) is 7.28. The first-order chi connectivity index (χ1) is 7.93. The molecule has 0 aliphatic carbocycles. The summed E-state index contributed by atoms with van der Waals surface area (Å²) in [6.45, 7) is 4.43. The van der Waals surface area contributed by atoms with Gasteiger partial charge in [0.1, 0.15) is 10.8 Å². The number of aryl methyl sites for hydroxylation is 1. The van der Waals surface area contributed by atoms with Crippen molar-refractivity contribution < 1.29 is 4.21 Å². The lowest BCUT2D eigenvalue weighted by Gasteiger charge is -2.14. The minimum atomic E-state index is -0.861. The molecule has 0 aromatic carbocycles. The van der Waals surface area contributed by atoms with Crippen LogP contribution in [0.15, 0.2) is 12.3 Å². The number of nitrogens with one attached hydrogen (secondary N) is 1. The minimum absolute atomic E-state index is 0.0523. The SMILES string of the molecule is Cc1ccnc(NCC(C)S(C)=O)c1C(N)=S. The molecule has 0 amide bonds. The van der Waals surface area contributed by atoms with Crippen molar-refractivity contribution >= 4 is 33.8 Å². The molecule has 17 heavy (non-hydrogen) atoms. The fraction of sp³-hybridized carbons (Fsp3) is 0.455. The molecule has 0 saturated carbocycles. The Morgan fingerprint density at radius 3 is 2.88 bits per heavy atom. The number of hydrogen-bond donors (Lipinski definition) is 2. The van der Waals surface area contributed by atoms with Crippen LogP contribution in [0.2, 0.25) is 0 Å². The molecular formula is C11H17N3OS2. The summed E-state index contributed by atoms with van der Waals surface area (Å²) < 4.78 is 11.3. The maximum absolute atomic E-state index is 11.3. The quantitative estimate of drug-likeness (QED) is 0.788. The summed E-state index contributed by atoms with van der Waals surface area (Å²) >= 11 is 5.01. The largest absolute Gasteiger partial charge is 0.389 e. The molecule has 1 rings (SSSR count). The molecule has 1 aromatic rings. The molecule has 0 radical (unpaired) electrons. The van der Waals surface area contributed by atoms with E-state index in [1.165, 1.54) is 0 Å². The molecule has 0 saturated heterocycles. The minimum Gasteiger partial charge on any atom is -0.389 e. The van der Waals surface area contributed by atoms with Gasteiger partial charge in [-0.25, -0.2) is 4.98 Å². The molecule has 0 aliphatic heterocycles. The van der Waals surface area contributed by atoms with Crippen molar-refractivity contribution in [3.05, 3.63) is 23.4 Å². The molecule has 2 atom stereocenters. The Kier molecular flexibility index (Phi) is 5.02. The average Bonchev–Trinajstić information content (AvgIpc) is 2.24. The van der Waals surface area contributed by atoms with Gasteiger partial charge in [-0.3, -0.25) is 4.21 Å². The molecule has 1 aromatic heterocycles. The van der Waals surface area contributed by atoms with Crippen molar-refractivity contribution in [2.75, 3.05) is 18.1 Å². The highest BCUT2D eigenvalue weighted by molar-refractivity contribution is 7.84. The number of hydrogen-bond acceptors (Lipinski definition) is 4. The van der Waals surface area contributed by atoms with Crippen LogP contribution in [0.5, 0.6) is 0 Å². The van der Waals surface area contributed by atoms with Crippen LogP contribution in [0.1, 0.15) is 18.1 Å². The molecule has 6 heteroatoms. The van der Waals surface area contributed by atoms with Crippen molar-refractivity contribution in [3.8, 4) is 0 Å². The Morgan fingerprint density at radius 2 is 2.35 bits per heavy atom. The lowest BCUT2D eigenvalue weighted by Crippen LogP contribution is -2.23. The van der Waals surface area contributed by atoms with Crippen LogP contribution in [-0.4, -0.2) is 32.2 Å². The van der Waals surface area contributed by atoms with E-state index < -0.39 is 10.8 Å². The fourth-order valence-corrected chi connectivity index (χ4v) is 1.94. The van der Waals surface area contributed by atoms with Crippen LogP contribution >= 0.6 is 12.2 Å². The Balaban J connectivity index is 2.88. The fourth-order valence-electron chi connectivity index (χ4n) is 1.36. The number of thiocarbonyl (C=S) groups is 1. The Labute approximate surface area is 109 Å². The second-order valence-electron chi connectivity index (χ2n) is 3.91. The highest BCUT2D eigenvalue weighted by Crippen LogP contribution is 2.16. The molecule has 3 N–H and O–H groups in total. The average molecular weight is 271 g/mol. The number of anilines is 1. The second kappa shape index (κ2) is 6.07. The van der Waals surface area contributed by atoms with Crippen LogP contribution < -0.4 is 11.1 Å². The Morgan fingerprint density at radius 1 is 1.71 bits per heavy atom. The van der Waals surface area contributed by atoms with E-state index in [0.29, 0.717) is 17.4 Å². The van der Waals surface area contributed by atoms with Gasteiger partial charge in [-0.2, -0.15) is 0 Å². The first-order valence-electron chi connectivity index (χ1n) is 5.25. The van der Waals surface area contributed by atoms with Gasteiger partial charge in [0.25, 0.3) is 0 Å². The summed E-state index contributed by atoms with van der Waals surface area (Å²) in [4.78, 5) is 4.54. The van der Waals surface area contributed by atoms with E-state index in [1.807, 2.05) is 19.9 Å². The summed E-state index contributed by atoms with van der Waals surface area (Å²) in [5, 5.41) is 3.20. The standard InChI is InChI=1S/C11H17N3OS2/c1-7-4-5-13-11(9(7)10(12)16)14-6-8(2)17(3)15/h4-5,8H,6H2,1-3H3,(H2,12,16)(H,13,14). The summed E-state index contributed by atoms with van der Waals surface area (Å²) in [6, 6.07) is 1.86. The van der Waals surface area contributed by atoms with Crippen molar-refractivity contribution in [2.24, 2.45) is 5.73 Å². The van der Waals surface area contributed by atoms with Crippen molar-refractivity contribution in [1.29, 1.82) is 0 Å². The summed E-state index contributed by atoms with van der Waals surface area (Å²) in [7, 11) is -0.861. The van der Waals surface area contributed by atoms with Gasteiger partial charge in [-0.1, -0.05) is 12.2 Å². The second-order valence-corrected chi connectivity index (χ2v) is 6.15. The van der Waals surface area contributed by atoms with Gasteiger partial charge in [0, 0.05) is 35.0 Å². The highest BCUT2D eigenvalue weighted by atomic mass is 32.2. The smallest absolute Gasteiger partial charge is 0.136 e. The molecule has 4 nitrogen and oxygen atoms in total. The van der Waals surface area contributed by atoms with E-state index in [2.05, 4.69) is 10.3 Å². The van der Waals surface area contributed by atoms with Crippen LogP contribution in [0.25, 0.3) is 0 Å². The van der Waals surface area contributed by atoms with E-state index >= 15 is 0 Å². The number of nitrogens with zero attached hydrogens (tertiary/aromatic N) is 1. The van der Waals surface area contributed by atoms with Gasteiger partial charge in [0.2, 0.25) is 0 Å². The lowest BCUT2D eigenvalue weighted by atomic mass is 10.1. The molecule has 0 spiro atoms. The first kappa shape index (κ1) is 14.1. The van der Waals surface area contributed by atoms with Crippen molar-refractivity contribution in [2.45, 2.75) is 19.1 Å². The third-order valence-electron chi connectivity index (χ3n) is 2.53. The van der Waals surface area contributed by atoms with Gasteiger partial charge in [-0.15, -0.1) is 0 Å². The Bertz CT molecular complexity index is 448. The van der Waals surface area contributed by atoms with E-state index in [-0.39, 0.29) is 5.25 Å². The molecule has 2 unspecified atom stereocenters. The van der Waals surface area contributed by atoms with Gasteiger partial charge < -0.3 is 11.1 Å². The van der Waals surface area contributed by atoms with E-state index in [0.717, 1.165) is 11.1 Å². The monoisotopic (exact) mass is 271 g/mol. The number of rotatable bonds is 5. The van der Waals surface area contributed by atoms with Gasteiger partial charge in [-0.05, 0) is 25.5 Å². The van der Waals surface area contributed by atoms with Gasteiger partial charge >= 0.3 is 0 Å². The maximum atomic E-state index is 11.3. The maximum Gasteiger partial charge on any atom is 0.136 e. The molecule has 94 valence electrons. The van der Waals surface area contributed by atoms with Gasteiger partial charge in [0.05, 0.1) is 5.56 Å². The topological polar surface area (TPSA) is 68.0 Å². The van der Waals surface area contributed by atoms with Crippen LogP contribution in [0.4, 0.5) is 5.82 Å². The summed E-state index contributed by atoms with van der Waals surface area (Å²) in [5.74, 6) is 0.662. The predicted molar refractivity (Wildman–Crippen MR) is 76.9 cm³/mol. The molecule has 0 bridgehead atoms. The van der Waals surface area contributed by atoms with Crippen LogP contribution in [0, 0.1) is 6.92 Å². The third-order valence-corrected chi connectivity index (χ3v) is 4.03. The zero-order chi connectivity index (χ0) is 13.0. The Hall–Kier alpha value is -1.01. The van der Waals surface area contributed by atoms with E-state index in [1.54, 1.807) is 12.5 Å². The summed E-state index contributed by atoms with van der Waals surface area (Å²) in [5.41, 5.74) is 7.42. The van der Waals surface area contributed by atoms with Crippen LogP contribution in [0.3, 0.4) is 0 Å². The molecule has 1 heterocycles. The third kappa shape index (κ3) is 3.74. The zero-order valence-corrected chi connectivity index (χ0v) is 11.8. The number of nitrogens with two attached hydrogens (primary N) is 1. The lowest BCUT2D eigenvalue weighted by molar-refractivity contribution is 0.679. The highest BCUT2D eigenvalue weighted by Gasteiger charge is 2.11. The zero-order valence-electron chi connectivity index (χ0n) is 10.2. The van der Waals surface area contributed by atoms with Crippen molar-refractivity contribution in [1.82, 2.24) is 4.98 Å². The molecule has 0 aliphatic rings. The van der Waals surface area contributed by atoms with Crippen LogP contribution in [-0.2, 0) is 10.8 Å². The molecule has 0 fully saturated rings. The molecular weight excluding hydrogens is 254 g/mol. The predicted octanol–water partition coefficient (Wildman–Crippen LogP) is 1.20. The normalized spacial score (nSPS) is 14.1. The van der Waals surface area contributed by atoms with Crippen molar-refractivity contribution in [3.63, 3.8) is 0 Å². The van der Waals surface area contributed by atoms with E-state index in [9.17, 15) is 4.21 Å². The summed E-state index contributed by atoms with van der Waals surface area (Å²) in [6.07, 6.45) is 3.39. The van der Waals surface area contributed by atoms with E-state index in [4.69, 9.17) is 18.0 Å². The number of aromatic nitrogens is 1. The number of pyridine rings is 1. The van der Waals surface area contributed by atoms with Gasteiger partial charge in [0.15, 0.2) is 0 Å².